The first-order valence-corrected chi connectivity index (χ1v) is 12.5. The van der Waals surface area contributed by atoms with Crippen molar-refractivity contribution >= 4 is 39.4 Å². The smallest absolute Gasteiger partial charge is 0.264 e. The van der Waals surface area contributed by atoms with Crippen LogP contribution in [0.4, 0.5) is 11.6 Å². The third kappa shape index (κ3) is 4.04. The summed E-state index contributed by atoms with van der Waals surface area (Å²) < 4.78 is 27.2. The van der Waals surface area contributed by atoms with E-state index in [9.17, 15) is 22.8 Å². The van der Waals surface area contributed by atoms with E-state index in [0.717, 1.165) is 0 Å². The van der Waals surface area contributed by atoms with Crippen molar-refractivity contribution in [1.29, 1.82) is 0 Å². The van der Waals surface area contributed by atoms with Crippen LogP contribution in [0, 0.1) is 16.7 Å². The van der Waals surface area contributed by atoms with Gasteiger partial charge in [0.2, 0.25) is 23.7 Å². The van der Waals surface area contributed by atoms with Gasteiger partial charge < -0.3 is 5.32 Å². The lowest BCUT2D eigenvalue weighted by Gasteiger charge is -2.47. The molecule has 2 fully saturated rings. The summed E-state index contributed by atoms with van der Waals surface area (Å²) in [4.78, 5) is 47.3. The lowest BCUT2D eigenvalue weighted by molar-refractivity contribution is -0.167. The standard InChI is InChI=1S/C23H27N5O5S/c1-22(2)17-9-11-23(22,3)20(31)28(19(17)30)14-10-18(29)26-15-5-7-16(8-6-15)34(32,33)27-21-24-12-4-13-25-21/h4-8,12-13,17H,9-11,14H2,1-3H3,(H,26,29)(H,24,25,27). The molecule has 2 bridgehead atoms. The largest absolute Gasteiger partial charge is 0.326 e. The summed E-state index contributed by atoms with van der Waals surface area (Å²) >= 11 is 0. The molecule has 3 amide bonds. The molecule has 1 aliphatic heterocycles. The predicted octanol–water partition coefficient (Wildman–Crippen LogP) is 2.42. The van der Waals surface area contributed by atoms with Gasteiger partial charge in [-0.05, 0) is 48.6 Å². The van der Waals surface area contributed by atoms with Crippen molar-refractivity contribution in [2.24, 2.45) is 16.7 Å². The number of likely N-dealkylation sites (tertiary alicyclic amines) is 1. The van der Waals surface area contributed by atoms with Gasteiger partial charge in [-0.3, -0.25) is 19.3 Å². The van der Waals surface area contributed by atoms with Gasteiger partial charge in [0.05, 0.1) is 10.3 Å². The van der Waals surface area contributed by atoms with Crippen molar-refractivity contribution in [1.82, 2.24) is 14.9 Å². The van der Waals surface area contributed by atoms with E-state index in [4.69, 9.17) is 0 Å². The van der Waals surface area contributed by atoms with Gasteiger partial charge in [-0.2, -0.15) is 0 Å². The van der Waals surface area contributed by atoms with Crippen LogP contribution in [0.2, 0.25) is 0 Å². The number of anilines is 2. The van der Waals surface area contributed by atoms with E-state index in [1.807, 2.05) is 20.8 Å². The summed E-state index contributed by atoms with van der Waals surface area (Å²) in [5.74, 6) is -1.07. The van der Waals surface area contributed by atoms with Crippen LogP contribution in [-0.2, 0) is 24.4 Å². The lowest BCUT2D eigenvalue weighted by Crippen LogP contribution is -2.59. The topological polar surface area (TPSA) is 138 Å². The van der Waals surface area contributed by atoms with Gasteiger partial charge >= 0.3 is 0 Å². The molecule has 10 nitrogen and oxygen atoms in total. The summed E-state index contributed by atoms with van der Waals surface area (Å²) in [5, 5.41) is 2.68. The molecule has 0 radical (unpaired) electrons. The van der Waals surface area contributed by atoms with Crippen LogP contribution in [0.15, 0.2) is 47.6 Å². The monoisotopic (exact) mass is 485 g/mol. The Morgan fingerprint density at radius 1 is 1.12 bits per heavy atom. The number of imide groups is 1. The molecule has 1 saturated carbocycles. The van der Waals surface area contributed by atoms with Crippen LogP contribution in [0.25, 0.3) is 0 Å². The Hall–Kier alpha value is -3.34. The highest BCUT2D eigenvalue weighted by molar-refractivity contribution is 7.92. The highest BCUT2D eigenvalue weighted by atomic mass is 32.2. The first-order chi connectivity index (χ1) is 16.0. The predicted molar refractivity (Wildman–Crippen MR) is 124 cm³/mol. The Balaban J connectivity index is 1.36. The van der Waals surface area contributed by atoms with Gasteiger partial charge in [0, 0.05) is 37.0 Å². The van der Waals surface area contributed by atoms with Crippen molar-refractivity contribution in [3.63, 3.8) is 0 Å². The average Bonchev–Trinajstić information content (AvgIpc) is 2.97. The van der Waals surface area contributed by atoms with E-state index < -0.39 is 20.9 Å². The summed E-state index contributed by atoms with van der Waals surface area (Å²) in [7, 11) is -3.88. The number of piperidine rings is 1. The SMILES string of the molecule is CC12CCC(C(=O)N(CCC(=O)Nc3ccc(S(=O)(=O)Nc4ncccn4)cc3)C1=O)C2(C)C. The molecule has 2 unspecified atom stereocenters. The van der Waals surface area contributed by atoms with Crippen LogP contribution in [0.5, 0.6) is 0 Å². The van der Waals surface area contributed by atoms with E-state index in [-0.39, 0.29) is 47.4 Å². The molecule has 34 heavy (non-hydrogen) atoms. The first-order valence-electron chi connectivity index (χ1n) is 11.0. The van der Waals surface area contributed by atoms with Crippen molar-refractivity contribution in [2.45, 2.75) is 44.9 Å². The number of nitrogens with zero attached hydrogens (tertiary/aromatic N) is 3. The number of sulfonamides is 1. The zero-order valence-corrected chi connectivity index (χ0v) is 20.1. The fourth-order valence-corrected chi connectivity index (χ4v) is 5.76. The Kier molecular flexibility index (Phi) is 5.92. The van der Waals surface area contributed by atoms with E-state index in [0.29, 0.717) is 18.5 Å². The van der Waals surface area contributed by atoms with E-state index >= 15 is 0 Å². The minimum atomic E-state index is -3.88. The Morgan fingerprint density at radius 3 is 2.41 bits per heavy atom. The minimum absolute atomic E-state index is 0.0130. The Morgan fingerprint density at radius 2 is 1.76 bits per heavy atom. The molecule has 1 aromatic heterocycles. The second kappa shape index (κ2) is 8.46. The molecule has 180 valence electrons. The number of hydrogen-bond acceptors (Lipinski definition) is 7. The van der Waals surface area contributed by atoms with E-state index in [1.165, 1.54) is 41.6 Å². The van der Waals surface area contributed by atoms with Crippen molar-refractivity contribution in [2.75, 3.05) is 16.6 Å². The summed E-state index contributed by atoms with van der Waals surface area (Å²) in [5.41, 5.74) is -0.615. The van der Waals surface area contributed by atoms with Crippen LogP contribution >= 0.6 is 0 Å². The van der Waals surface area contributed by atoms with E-state index in [2.05, 4.69) is 20.0 Å². The molecule has 2 aromatic rings. The number of rotatable bonds is 7. The second-order valence-corrected chi connectivity index (χ2v) is 11.1. The third-order valence-electron chi connectivity index (χ3n) is 7.31. The second-order valence-electron chi connectivity index (χ2n) is 9.44. The summed E-state index contributed by atoms with van der Waals surface area (Å²) in [6.45, 7) is 5.86. The number of carbonyl (C=O) groups excluding carboxylic acids is 3. The minimum Gasteiger partial charge on any atom is -0.326 e. The molecule has 2 aliphatic rings. The lowest BCUT2D eigenvalue weighted by atomic mass is 9.62. The number of aromatic nitrogens is 2. The zero-order valence-electron chi connectivity index (χ0n) is 19.2. The van der Waals surface area contributed by atoms with Crippen LogP contribution in [-0.4, -0.2) is 47.6 Å². The van der Waals surface area contributed by atoms with Crippen molar-refractivity contribution in [3.05, 3.63) is 42.7 Å². The number of hydrogen-bond donors (Lipinski definition) is 2. The number of carbonyl (C=O) groups is 3. The van der Waals surface area contributed by atoms with Gasteiger partial charge in [-0.15, -0.1) is 0 Å². The molecule has 2 N–H and O–H groups in total. The fraction of sp³-hybridized carbons (Fsp3) is 0.435. The van der Waals surface area contributed by atoms with E-state index in [1.54, 1.807) is 6.07 Å². The Labute approximate surface area is 198 Å². The highest BCUT2D eigenvalue weighted by Gasteiger charge is 2.64. The van der Waals surface area contributed by atoms with Gasteiger partial charge in [0.25, 0.3) is 10.0 Å². The van der Waals surface area contributed by atoms with Gasteiger partial charge in [0.1, 0.15) is 0 Å². The van der Waals surface area contributed by atoms with Crippen molar-refractivity contribution < 1.29 is 22.8 Å². The third-order valence-corrected chi connectivity index (χ3v) is 8.65. The molecule has 1 aliphatic carbocycles. The molecule has 1 aromatic carbocycles. The molecule has 11 heteroatoms. The zero-order chi connectivity index (χ0) is 24.7. The highest BCUT2D eigenvalue weighted by Crippen LogP contribution is 2.60. The fourth-order valence-electron chi connectivity index (χ4n) is 4.80. The maximum atomic E-state index is 13.1. The maximum absolute atomic E-state index is 13.1. The number of fused-ring (bicyclic) bond motifs is 2. The maximum Gasteiger partial charge on any atom is 0.264 e. The first kappa shape index (κ1) is 23.8. The quantitative estimate of drug-likeness (QED) is 0.574. The molecular weight excluding hydrogens is 458 g/mol. The number of amides is 3. The summed E-state index contributed by atoms with van der Waals surface area (Å²) in [6.07, 6.45) is 4.13. The normalized spacial score (nSPS) is 23.6. The summed E-state index contributed by atoms with van der Waals surface area (Å²) in [6, 6.07) is 7.18. The van der Waals surface area contributed by atoms with Crippen LogP contribution in [0.1, 0.15) is 40.0 Å². The molecule has 4 rings (SSSR count). The number of nitrogens with one attached hydrogen (secondary N) is 2. The van der Waals surface area contributed by atoms with Crippen LogP contribution < -0.4 is 10.0 Å². The number of benzene rings is 1. The molecule has 2 atom stereocenters. The van der Waals surface area contributed by atoms with Gasteiger partial charge in [-0.1, -0.05) is 20.8 Å². The van der Waals surface area contributed by atoms with Gasteiger partial charge in [-0.25, -0.2) is 23.1 Å². The van der Waals surface area contributed by atoms with Crippen LogP contribution in [0.3, 0.4) is 0 Å². The molecular formula is C23H27N5O5S. The average molecular weight is 486 g/mol. The molecule has 2 heterocycles. The van der Waals surface area contributed by atoms with Gasteiger partial charge in [0.15, 0.2) is 0 Å². The molecule has 0 spiro atoms. The van der Waals surface area contributed by atoms with Crippen molar-refractivity contribution in [3.8, 4) is 0 Å². The Bertz CT molecular complexity index is 1230. The molecule has 1 saturated heterocycles.